The Morgan fingerprint density at radius 2 is 2.00 bits per heavy atom. The standard InChI is InChI=1S/C20H26O6/c1-6-11(3)19(23)26-18-16-13(5)20(24)25-15(16)8-10(2)7-14(21)9-12(4)17(18)22/h6,8-9,14-18,21-22H,5,7H2,1-4H3/b10-8+,11-6+,12-9-/t14-,15-,16+,17+,18-/m1/s1. The van der Waals surface area contributed by atoms with Crippen LogP contribution in [0.2, 0.25) is 0 Å². The van der Waals surface area contributed by atoms with Crippen LogP contribution in [-0.4, -0.2) is 46.6 Å². The van der Waals surface area contributed by atoms with Gasteiger partial charge in [-0.2, -0.15) is 0 Å². The molecule has 6 heteroatoms. The molecule has 1 aliphatic carbocycles. The minimum absolute atomic E-state index is 0.156. The van der Waals surface area contributed by atoms with Crippen molar-refractivity contribution >= 4 is 11.9 Å². The third-order valence-electron chi connectivity index (χ3n) is 4.83. The van der Waals surface area contributed by atoms with Crippen molar-refractivity contribution < 1.29 is 29.3 Å². The molecule has 1 saturated heterocycles. The SMILES string of the molecule is C=C1C(=O)O[C@@H]2/C=C(\C)C[C@@H](O)/C=C(/C)[C@H](O)[C@H](OC(=O)/C(C)=C/C)[C@@H]12. The topological polar surface area (TPSA) is 93.1 Å². The Kier molecular flexibility index (Phi) is 6.21. The van der Waals surface area contributed by atoms with E-state index in [2.05, 4.69) is 6.58 Å². The molecule has 6 nitrogen and oxygen atoms in total. The van der Waals surface area contributed by atoms with Gasteiger partial charge in [0, 0.05) is 11.1 Å². The van der Waals surface area contributed by atoms with Crippen LogP contribution in [0.5, 0.6) is 0 Å². The lowest BCUT2D eigenvalue weighted by Gasteiger charge is -2.31. The van der Waals surface area contributed by atoms with Crippen molar-refractivity contribution in [2.45, 2.75) is 58.5 Å². The van der Waals surface area contributed by atoms with E-state index in [-0.39, 0.29) is 5.57 Å². The van der Waals surface area contributed by atoms with E-state index < -0.39 is 42.3 Å². The second-order valence-electron chi connectivity index (χ2n) is 6.90. The summed E-state index contributed by atoms with van der Waals surface area (Å²) in [6, 6.07) is 0. The van der Waals surface area contributed by atoms with E-state index >= 15 is 0 Å². The number of carbonyl (C=O) groups excluding carboxylic acids is 2. The number of allylic oxidation sites excluding steroid dienone is 1. The molecule has 2 rings (SSSR count). The van der Waals surface area contributed by atoms with Crippen molar-refractivity contribution in [1.82, 2.24) is 0 Å². The fourth-order valence-corrected chi connectivity index (χ4v) is 3.20. The van der Waals surface area contributed by atoms with Crippen LogP contribution in [0.4, 0.5) is 0 Å². The van der Waals surface area contributed by atoms with E-state index in [4.69, 9.17) is 9.47 Å². The number of ether oxygens (including phenoxy) is 2. The fraction of sp³-hybridized carbons (Fsp3) is 0.500. The normalized spacial score (nSPS) is 37.0. The average Bonchev–Trinajstić information content (AvgIpc) is 2.83. The van der Waals surface area contributed by atoms with Crippen molar-refractivity contribution in [1.29, 1.82) is 0 Å². The maximum atomic E-state index is 12.3. The van der Waals surface area contributed by atoms with Gasteiger partial charge in [0.15, 0.2) is 0 Å². The molecule has 1 fully saturated rings. The molecule has 0 spiro atoms. The molecule has 1 aliphatic heterocycles. The highest BCUT2D eigenvalue weighted by Crippen LogP contribution is 2.36. The molecule has 0 amide bonds. The summed E-state index contributed by atoms with van der Waals surface area (Å²) in [4.78, 5) is 24.4. The highest BCUT2D eigenvalue weighted by Gasteiger charge is 2.47. The highest BCUT2D eigenvalue weighted by molar-refractivity contribution is 5.92. The van der Waals surface area contributed by atoms with Gasteiger partial charge in [-0.1, -0.05) is 24.3 Å². The molecule has 0 radical (unpaired) electrons. The number of hydrogen-bond donors (Lipinski definition) is 2. The molecule has 0 aromatic carbocycles. The Bertz CT molecular complexity index is 699. The molecule has 2 N–H and O–H groups in total. The second-order valence-corrected chi connectivity index (χ2v) is 6.90. The molecule has 0 saturated carbocycles. The van der Waals surface area contributed by atoms with Gasteiger partial charge < -0.3 is 19.7 Å². The van der Waals surface area contributed by atoms with Crippen LogP contribution in [0, 0.1) is 5.92 Å². The van der Waals surface area contributed by atoms with E-state index in [1.54, 1.807) is 32.9 Å². The van der Waals surface area contributed by atoms with Gasteiger partial charge in [-0.15, -0.1) is 0 Å². The number of aliphatic hydroxyl groups excluding tert-OH is 2. The summed E-state index contributed by atoms with van der Waals surface area (Å²) in [6.45, 7) is 10.6. The largest absolute Gasteiger partial charge is 0.455 e. The van der Waals surface area contributed by atoms with Gasteiger partial charge in [-0.25, -0.2) is 9.59 Å². The summed E-state index contributed by atoms with van der Waals surface area (Å²) >= 11 is 0. The van der Waals surface area contributed by atoms with E-state index in [1.807, 2.05) is 6.92 Å². The minimum atomic E-state index is -1.20. The Labute approximate surface area is 153 Å². The van der Waals surface area contributed by atoms with Crippen LogP contribution in [-0.2, 0) is 19.1 Å². The smallest absolute Gasteiger partial charge is 0.334 e. The molecular weight excluding hydrogens is 336 g/mol. The number of esters is 2. The molecule has 142 valence electrons. The predicted molar refractivity (Wildman–Crippen MR) is 96.0 cm³/mol. The molecular formula is C20H26O6. The molecule has 2 aliphatic rings. The maximum absolute atomic E-state index is 12.3. The number of hydrogen-bond acceptors (Lipinski definition) is 6. The predicted octanol–water partition coefficient (Wildman–Crippen LogP) is 1.98. The van der Waals surface area contributed by atoms with E-state index in [0.717, 1.165) is 5.57 Å². The van der Waals surface area contributed by atoms with Crippen LogP contribution in [0.3, 0.4) is 0 Å². The highest BCUT2D eigenvalue weighted by atomic mass is 16.6. The number of fused-ring (bicyclic) bond motifs is 1. The van der Waals surface area contributed by atoms with Gasteiger partial charge in [-0.3, -0.25) is 0 Å². The van der Waals surface area contributed by atoms with Gasteiger partial charge in [0.05, 0.1) is 12.0 Å². The third-order valence-corrected chi connectivity index (χ3v) is 4.83. The van der Waals surface area contributed by atoms with Gasteiger partial charge in [0.1, 0.15) is 18.3 Å². The molecule has 0 aromatic heterocycles. The van der Waals surface area contributed by atoms with Gasteiger partial charge in [0.25, 0.3) is 0 Å². The second kappa shape index (κ2) is 8.01. The minimum Gasteiger partial charge on any atom is -0.455 e. The van der Waals surface area contributed by atoms with Crippen molar-refractivity contribution in [3.8, 4) is 0 Å². The van der Waals surface area contributed by atoms with Crippen LogP contribution in [0.25, 0.3) is 0 Å². The monoisotopic (exact) mass is 362 g/mol. The Balaban J connectivity index is 2.51. The molecule has 0 aromatic rings. The summed E-state index contributed by atoms with van der Waals surface area (Å²) in [6.07, 6.45) is 1.42. The van der Waals surface area contributed by atoms with Crippen molar-refractivity contribution in [3.05, 3.63) is 47.1 Å². The van der Waals surface area contributed by atoms with Crippen LogP contribution in [0.1, 0.15) is 34.1 Å². The first-order valence-corrected chi connectivity index (χ1v) is 8.61. The molecule has 1 heterocycles. The average molecular weight is 362 g/mol. The number of rotatable bonds is 2. The third kappa shape index (κ3) is 4.14. The quantitative estimate of drug-likeness (QED) is 0.443. The van der Waals surface area contributed by atoms with Crippen molar-refractivity contribution in [3.63, 3.8) is 0 Å². The number of aliphatic hydroxyl groups is 2. The lowest BCUT2D eigenvalue weighted by Crippen LogP contribution is -2.43. The molecule has 0 bridgehead atoms. The van der Waals surface area contributed by atoms with Gasteiger partial charge in [-0.05, 0) is 45.8 Å². The first-order valence-electron chi connectivity index (χ1n) is 8.61. The van der Waals surface area contributed by atoms with E-state index in [0.29, 0.717) is 17.6 Å². The fourth-order valence-electron chi connectivity index (χ4n) is 3.20. The van der Waals surface area contributed by atoms with Gasteiger partial charge in [0.2, 0.25) is 0 Å². The Morgan fingerprint density at radius 3 is 2.62 bits per heavy atom. The van der Waals surface area contributed by atoms with Crippen LogP contribution in [0.15, 0.2) is 47.1 Å². The summed E-state index contributed by atoms with van der Waals surface area (Å²) in [7, 11) is 0. The van der Waals surface area contributed by atoms with E-state index in [9.17, 15) is 19.8 Å². The zero-order valence-electron chi connectivity index (χ0n) is 15.6. The van der Waals surface area contributed by atoms with E-state index in [1.165, 1.54) is 6.08 Å². The maximum Gasteiger partial charge on any atom is 0.334 e. The van der Waals surface area contributed by atoms with Crippen LogP contribution >= 0.6 is 0 Å². The summed E-state index contributed by atoms with van der Waals surface area (Å²) < 4.78 is 10.9. The number of carbonyl (C=O) groups is 2. The molecule has 5 atom stereocenters. The summed E-state index contributed by atoms with van der Waals surface area (Å²) in [5.74, 6) is -1.88. The lowest BCUT2D eigenvalue weighted by atomic mass is 9.83. The lowest BCUT2D eigenvalue weighted by molar-refractivity contribution is -0.153. The Hall–Kier alpha value is -2.18. The van der Waals surface area contributed by atoms with Crippen LogP contribution < -0.4 is 0 Å². The van der Waals surface area contributed by atoms with Gasteiger partial charge >= 0.3 is 11.9 Å². The zero-order chi connectivity index (χ0) is 19.6. The summed E-state index contributed by atoms with van der Waals surface area (Å²) in [5, 5.41) is 21.0. The first-order chi connectivity index (χ1) is 12.1. The molecule has 26 heavy (non-hydrogen) atoms. The first kappa shape index (κ1) is 20.1. The zero-order valence-corrected chi connectivity index (χ0v) is 15.6. The Morgan fingerprint density at radius 1 is 1.35 bits per heavy atom. The molecule has 0 unspecified atom stereocenters. The summed E-state index contributed by atoms with van der Waals surface area (Å²) in [5.41, 5.74) is 1.82. The van der Waals surface area contributed by atoms with Crippen molar-refractivity contribution in [2.75, 3.05) is 0 Å². The van der Waals surface area contributed by atoms with Crippen molar-refractivity contribution in [2.24, 2.45) is 5.92 Å².